The molecule has 2 rings (SSSR count). The molecule has 0 saturated heterocycles. The van der Waals surface area contributed by atoms with Crippen molar-refractivity contribution in [1.29, 1.82) is 0 Å². The summed E-state index contributed by atoms with van der Waals surface area (Å²) in [6.45, 7) is 3.44. The SMILES string of the molecule is COCc1cc(C(C)NCCc2ncon2)ccc1OC. The van der Waals surface area contributed by atoms with Crippen LogP contribution in [-0.4, -0.2) is 30.9 Å². The van der Waals surface area contributed by atoms with Crippen molar-refractivity contribution in [2.24, 2.45) is 0 Å². The van der Waals surface area contributed by atoms with E-state index >= 15 is 0 Å². The number of aromatic nitrogens is 2. The summed E-state index contributed by atoms with van der Waals surface area (Å²) in [5, 5.41) is 7.23. The second-order valence-electron chi connectivity index (χ2n) is 4.78. The molecule has 0 aliphatic carbocycles. The molecule has 0 amide bonds. The molecule has 0 spiro atoms. The molecule has 2 aromatic rings. The third-order valence-corrected chi connectivity index (χ3v) is 3.31. The second kappa shape index (κ2) is 7.75. The topological polar surface area (TPSA) is 69.4 Å². The largest absolute Gasteiger partial charge is 0.496 e. The first-order chi connectivity index (χ1) is 10.2. The Kier molecular flexibility index (Phi) is 5.71. The van der Waals surface area contributed by atoms with Gasteiger partial charge in [0.05, 0.1) is 13.7 Å². The van der Waals surface area contributed by atoms with Gasteiger partial charge in [0.2, 0.25) is 6.39 Å². The minimum absolute atomic E-state index is 0.221. The number of nitrogens with one attached hydrogen (secondary N) is 1. The van der Waals surface area contributed by atoms with Gasteiger partial charge in [-0.25, -0.2) is 0 Å². The minimum atomic E-state index is 0.221. The van der Waals surface area contributed by atoms with Crippen LogP contribution in [0.1, 0.15) is 29.9 Å². The van der Waals surface area contributed by atoms with Gasteiger partial charge in [0.25, 0.3) is 0 Å². The zero-order chi connectivity index (χ0) is 15.1. The van der Waals surface area contributed by atoms with Gasteiger partial charge in [0.15, 0.2) is 5.82 Å². The van der Waals surface area contributed by atoms with Crippen LogP contribution < -0.4 is 10.1 Å². The van der Waals surface area contributed by atoms with Crippen LogP contribution in [0, 0.1) is 0 Å². The van der Waals surface area contributed by atoms with Crippen LogP contribution >= 0.6 is 0 Å². The molecule has 0 aliphatic rings. The quantitative estimate of drug-likeness (QED) is 0.803. The molecule has 6 heteroatoms. The van der Waals surface area contributed by atoms with Crippen LogP contribution in [0.25, 0.3) is 0 Å². The van der Waals surface area contributed by atoms with E-state index in [1.165, 1.54) is 12.0 Å². The number of benzene rings is 1. The van der Waals surface area contributed by atoms with Gasteiger partial charge in [-0.1, -0.05) is 11.2 Å². The van der Waals surface area contributed by atoms with Gasteiger partial charge in [-0.15, -0.1) is 0 Å². The van der Waals surface area contributed by atoms with Gasteiger partial charge in [0, 0.05) is 31.7 Å². The second-order valence-corrected chi connectivity index (χ2v) is 4.78. The Morgan fingerprint density at radius 3 is 2.86 bits per heavy atom. The maximum atomic E-state index is 5.34. The Morgan fingerprint density at radius 1 is 1.33 bits per heavy atom. The highest BCUT2D eigenvalue weighted by atomic mass is 16.5. The van der Waals surface area contributed by atoms with Gasteiger partial charge < -0.3 is 19.3 Å². The van der Waals surface area contributed by atoms with Gasteiger partial charge in [-0.05, 0) is 24.6 Å². The fraction of sp³-hybridized carbons (Fsp3) is 0.467. The van der Waals surface area contributed by atoms with Crippen molar-refractivity contribution in [3.63, 3.8) is 0 Å². The maximum Gasteiger partial charge on any atom is 0.213 e. The zero-order valence-corrected chi connectivity index (χ0v) is 12.6. The molecule has 21 heavy (non-hydrogen) atoms. The van der Waals surface area contributed by atoms with Crippen molar-refractivity contribution in [1.82, 2.24) is 15.5 Å². The molecule has 0 bridgehead atoms. The highest BCUT2D eigenvalue weighted by Gasteiger charge is 2.10. The number of hydrogen-bond acceptors (Lipinski definition) is 6. The lowest BCUT2D eigenvalue weighted by molar-refractivity contribution is 0.181. The highest BCUT2D eigenvalue weighted by Crippen LogP contribution is 2.23. The summed E-state index contributed by atoms with van der Waals surface area (Å²) in [6, 6.07) is 6.36. The van der Waals surface area contributed by atoms with Gasteiger partial charge >= 0.3 is 0 Å². The van der Waals surface area contributed by atoms with Crippen LogP contribution in [0.4, 0.5) is 0 Å². The summed E-state index contributed by atoms with van der Waals surface area (Å²) >= 11 is 0. The van der Waals surface area contributed by atoms with Crippen LogP contribution in [0.2, 0.25) is 0 Å². The van der Waals surface area contributed by atoms with Crippen molar-refractivity contribution in [2.45, 2.75) is 26.0 Å². The molecule has 1 atom stereocenters. The molecule has 0 fully saturated rings. The zero-order valence-electron chi connectivity index (χ0n) is 12.6. The van der Waals surface area contributed by atoms with E-state index in [9.17, 15) is 0 Å². The molecule has 114 valence electrons. The van der Waals surface area contributed by atoms with Crippen molar-refractivity contribution in [3.8, 4) is 5.75 Å². The molecule has 6 nitrogen and oxygen atoms in total. The lowest BCUT2D eigenvalue weighted by Gasteiger charge is -2.16. The molecular formula is C15H21N3O3. The van der Waals surface area contributed by atoms with E-state index < -0.39 is 0 Å². The van der Waals surface area contributed by atoms with E-state index in [1.807, 2.05) is 6.07 Å². The first-order valence-corrected chi connectivity index (χ1v) is 6.89. The lowest BCUT2D eigenvalue weighted by Crippen LogP contribution is -2.21. The third-order valence-electron chi connectivity index (χ3n) is 3.31. The Bertz CT molecular complexity index is 543. The maximum absolute atomic E-state index is 5.34. The predicted octanol–water partition coefficient (Wildman–Crippen LogP) is 2.12. The van der Waals surface area contributed by atoms with Gasteiger partial charge in [0.1, 0.15) is 5.75 Å². The molecule has 0 aliphatic heterocycles. The summed E-state index contributed by atoms with van der Waals surface area (Å²) in [7, 11) is 3.35. The first-order valence-electron chi connectivity index (χ1n) is 6.89. The van der Waals surface area contributed by atoms with E-state index in [0.29, 0.717) is 12.4 Å². The Balaban J connectivity index is 1.94. The number of ether oxygens (including phenoxy) is 2. The van der Waals surface area contributed by atoms with E-state index in [0.717, 1.165) is 24.3 Å². The molecule has 1 aromatic heterocycles. The van der Waals surface area contributed by atoms with Gasteiger partial charge in [-0.2, -0.15) is 4.98 Å². The highest BCUT2D eigenvalue weighted by molar-refractivity contribution is 5.38. The van der Waals surface area contributed by atoms with Crippen molar-refractivity contribution >= 4 is 0 Å². The predicted molar refractivity (Wildman–Crippen MR) is 78.1 cm³/mol. The number of rotatable bonds is 8. The monoisotopic (exact) mass is 291 g/mol. The molecule has 0 radical (unpaired) electrons. The van der Waals surface area contributed by atoms with Crippen molar-refractivity contribution < 1.29 is 14.0 Å². The fourth-order valence-corrected chi connectivity index (χ4v) is 2.16. The van der Waals surface area contributed by atoms with E-state index in [1.54, 1.807) is 14.2 Å². The third kappa shape index (κ3) is 4.27. The van der Waals surface area contributed by atoms with Crippen LogP contribution in [-0.2, 0) is 17.8 Å². The standard InChI is InChI=1S/C15H21N3O3/c1-11(16-7-6-15-17-10-21-18-15)12-4-5-14(20-3)13(8-12)9-19-2/h4-5,8,10-11,16H,6-7,9H2,1-3H3. The average molecular weight is 291 g/mol. The lowest BCUT2D eigenvalue weighted by atomic mass is 10.0. The normalized spacial score (nSPS) is 12.3. The van der Waals surface area contributed by atoms with Gasteiger partial charge in [-0.3, -0.25) is 0 Å². The molecule has 1 aromatic carbocycles. The summed E-state index contributed by atoms with van der Waals surface area (Å²) in [5.41, 5.74) is 2.24. The Morgan fingerprint density at radius 2 is 2.19 bits per heavy atom. The average Bonchev–Trinajstić information content (AvgIpc) is 3.00. The van der Waals surface area contributed by atoms with E-state index in [-0.39, 0.29) is 6.04 Å². The first kappa shape index (κ1) is 15.5. The van der Waals surface area contributed by atoms with E-state index in [4.69, 9.17) is 14.0 Å². The summed E-state index contributed by atoms with van der Waals surface area (Å²) in [5.74, 6) is 1.56. The summed E-state index contributed by atoms with van der Waals surface area (Å²) in [4.78, 5) is 4.00. The van der Waals surface area contributed by atoms with Crippen molar-refractivity contribution in [2.75, 3.05) is 20.8 Å². The Labute approximate surface area is 124 Å². The minimum Gasteiger partial charge on any atom is -0.496 e. The fourth-order valence-electron chi connectivity index (χ4n) is 2.16. The summed E-state index contributed by atoms with van der Waals surface area (Å²) < 4.78 is 15.3. The molecular weight excluding hydrogens is 270 g/mol. The number of hydrogen-bond donors (Lipinski definition) is 1. The van der Waals surface area contributed by atoms with Crippen LogP contribution in [0.15, 0.2) is 29.1 Å². The molecule has 0 saturated carbocycles. The Hall–Kier alpha value is -1.92. The number of nitrogens with zero attached hydrogens (tertiary/aromatic N) is 2. The summed E-state index contributed by atoms with van der Waals surface area (Å²) in [6.07, 6.45) is 2.08. The number of methoxy groups -OCH3 is 2. The molecule has 1 heterocycles. The molecule has 1 N–H and O–H groups in total. The molecule has 1 unspecified atom stereocenters. The van der Waals surface area contributed by atoms with Crippen LogP contribution in [0.3, 0.4) is 0 Å². The van der Waals surface area contributed by atoms with E-state index in [2.05, 4.69) is 34.5 Å². The van der Waals surface area contributed by atoms with Crippen molar-refractivity contribution in [3.05, 3.63) is 41.5 Å². The smallest absolute Gasteiger partial charge is 0.213 e. The van der Waals surface area contributed by atoms with Crippen LogP contribution in [0.5, 0.6) is 5.75 Å².